The van der Waals surface area contributed by atoms with Crippen LogP contribution >= 0.6 is 0 Å². The van der Waals surface area contributed by atoms with Crippen molar-refractivity contribution in [2.24, 2.45) is 5.92 Å². The largest absolute Gasteiger partial charge is 0.481 e. The molecule has 0 aromatic heterocycles. The Morgan fingerprint density at radius 1 is 1.24 bits per heavy atom. The zero-order valence-corrected chi connectivity index (χ0v) is 13.7. The molecule has 1 atom stereocenters. The van der Waals surface area contributed by atoms with E-state index >= 15 is 0 Å². The van der Waals surface area contributed by atoms with Gasteiger partial charge in [-0.15, -0.1) is 0 Å². The number of carboxylic acid groups (broad SMARTS) is 1. The second-order valence-corrected chi connectivity index (χ2v) is 6.47. The maximum atomic E-state index is 11.1. The van der Waals surface area contributed by atoms with E-state index in [1.54, 1.807) is 0 Å². The third-order valence-electron chi connectivity index (χ3n) is 5.05. The van der Waals surface area contributed by atoms with Gasteiger partial charge in [0.1, 0.15) is 0 Å². The number of rotatable bonds is 4. The van der Waals surface area contributed by atoms with Crippen LogP contribution in [0.5, 0.6) is 0 Å². The molecule has 3 heteroatoms. The van der Waals surface area contributed by atoms with E-state index in [4.69, 9.17) is 0 Å². The zero-order valence-electron chi connectivity index (χ0n) is 13.7. The van der Waals surface area contributed by atoms with Gasteiger partial charge in [-0.1, -0.05) is 6.07 Å². The minimum atomic E-state index is -0.640. The van der Waals surface area contributed by atoms with E-state index in [1.165, 1.54) is 27.8 Å². The lowest BCUT2D eigenvalue weighted by Gasteiger charge is -2.31. The average molecular weight is 289 g/mol. The number of nitrogens with zero attached hydrogens (tertiary/aromatic N) is 1. The molecule has 0 aliphatic carbocycles. The number of aliphatic carboxylic acids is 1. The van der Waals surface area contributed by atoms with Crippen LogP contribution in [0.15, 0.2) is 6.07 Å². The number of carboxylic acids is 1. The predicted octanol–water partition coefficient (Wildman–Crippen LogP) is 3.26. The molecule has 0 radical (unpaired) electrons. The molecule has 1 saturated heterocycles. The molecule has 1 aliphatic rings. The third-order valence-corrected chi connectivity index (χ3v) is 5.05. The van der Waals surface area contributed by atoms with Crippen molar-refractivity contribution in [2.45, 2.75) is 47.0 Å². The van der Waals surface area contributed by atoms with Crippen LogP contribution in [0.3, 0.4) is 0 Å². The number of hydrogen-bond acceptors (Lipinski definition) is 2. The van der Waals surface area contributed by atoms with E-state index in [0.29, 0.717) is 6.54 Å². The molecule has 1 N–H and O–H groups in total. The van der Waals surface area contributed by atoms with E-state index in [1.807, 2.05) is 0 Å². The van der Waals surface area contributed by atoms with Gasteiger partial charge in [0.15, 0.2) is 0 Å². The van der Waals surface area contributed by atoms with E-state index < -0.39 is 5.97 Å². The van der Waals surface area contributed by atoms with E-state index in [0.717, 1.165) is 32.4 Å². The smallest absolute Gasteiger partial charge is 0.307 e. The van der Waals surface area contributed by atoms with Gasteiger partial charge in [0.25, 0.3) is 0 Å². The molecule has 1 unspecified atom stereocenters. The van der Waals surface area contributed by atoms with Crippen molar-refractivity contribution in [3.8, 4) is 0 Å². The monoisotopic (exact) mass is 289 g/mol. The van der Waals surface area contributed by atoms with Gasteiger partial charge in [0.05, 0.1) is 5.92 Å². The van der Waals surface area contributed by atoms with Gasteiger partial charge in [-0.2, -0.15) is 0 Å². The average Bonchev–Trinajstić information content (AvgIpc) is 2.45. The van der Waals surface area contributed by atoms with E-state index in [9.17, 15) is 9.90 Å². The Kier molecular flexibility index (Phi) is 5.04. The fourth-order valence-electron chi connectivity index (χ4n) is 3.40. The minimum Gasteiger partial charge on any atom is -0.481 e. The molecule has 21 heavy (non-hydrogen) atoms. The molecule has 0 bridgehead atoms. The topological polar surface area (TPSA) is 40.5 Å². The summed E-state index contributed by atoms with van der Waals surface area (Å²) in [5.41, 5.74) is 6.95. The van der Waals surface area contributed by atoms with E-state index in [-0.39, 0.29) is 5.92 Å². The van der Waals surface area contributed by atoms with Gasteiger partial charge in [0, 0.05) is 13.1 Å². The number of benzene rings is 1. The van der Waals surface area contributed by atoms with Crippen molar-refractivity contribution >= 4 is 5.97 Å². The lowest BCUT2D eigenvalue weighted by atomic mass is 9.91. The molecule has 116 valence electrons. The predicted molar refractivity (Wildman–Crippen MR) is 85.9 cm³/mol. The first-order valence-electron chi connectivity index (χ1n) is 7.91. The van der Waals surface area contributed by atoms with Crippen molar-refractivity contribution < 1.29 is 9.90 Å². The van der Waals surface area contributed by atoms with Crippen molar-refractivity contribution in [2.75, 3.05) is 19.6 Å². The first-order valence-corrected chi connectivity index (χ1v) is 7.91. The van der Waals surface area contributed by atoms with Crippen LogP contribution in [0.4, 0.5) is 0 Å². The standard InChI is InChI=1S/C18H27NO2/c1-12-10-13(2)15(4)17(14(12)3)7-9-19-8-5-6-16(11-19)18(20)21/h10,16H,5-9,11H2,1-4H3,(H,20,21). The fraction of sp³-hybridized carbons (Fsp3) is 0.611. The van der Waals surface area contributed by atoms with Gasteiger partial charge in [-0.3, -0.25) is 4.79 Å². The molecule has 2 rings (SSSR count). The van der Waals surface area contributed by atoms with Crippen molar-refractivity contribution in [1.82, 2.24) is 4.90 Å². The van der Waals surface area contributed by atoms with Gasteiger partial charge in [-0.05, 0) is 81.3 Å². The number of hydrogen-bond donors (Lipinski definition) is 1. The van der Waals surface area contributed by atoms with Gasteiger partial charge in [0.2, 0.25) is 0 Å². The molecule has 1 heterocycles. The van der Waals surface area contributed by atoms with Crippen LogP contribution in [-0.2, 0) is 11.2 Å². The first kappa shape index (κ1) is 16.0. The fourth-order valence-corrected chi connectivity index (χ4v) is 3.40. The van der Waals surface area contributed by atoms with Gasteiger partial charge in [-0.25, -0.2) is 0 Å². The second kappa shape index (κ2) is 6.61. The van der Waals surface area contributed by atoms with Crippen LogP contribution in [0.2, 0.25) is 0 Å². The molecule has 1 aromatic carbocycles. The Morgan fingerprint density at radius 3 is 2.43 bits per heavy atom. The molecule has 1 aromatic rings. The van der Waals surface area contributed by atoms with Crippen molar-refractivity contribution in [3.63, 3.8) is 0 Å². The number of carbonyl (C=O) groups is 1. The summed E-state index contributed by atoms with van der Waals surface area (Å²) in [7, 11) is 0. The van der Waals surface area contributed by atoms with Crippen LogP contribution < -0.4 is 0 Å². The SMILES string of the molecule is Cc1cc(C)c(C)c(CCN2CCCC(C(=O)O)C2)c1C. The quantitative estimate of drug-likeness (QED) is 0.925. The second-order valence-electron chi connectivity index (χ2n) is 6.47. The van der Waals surface area contributed by atoms with E-state index in [2.05, 4.69) is 38.7 Å². The Morgan fingerprint density at radius 2 is 1.86 bits per heavy atom. The highest BCUT2D eigenvalue weighted by atomic mass is 16.4. The molecule has 0 spiro atoms. The molecule has 1 fully saturated rings. The normalized spacial score (nSPS) is 19.7. The summed E-state index contributed by atoms with van der Waals surface area (Å²) in [5, 5.41) is 9.18. The number of piperidine rings is 1. The summed E-state index contributed by atoms with van der Waals surface area (Å²) in [6, 6.07) is 2.26. The van der Waals surface area contributed by atoms with Crippen molar-refractivity contribution in [1.29, 1.82) is 0 Å². The van der Waals surface area contributed by atoms with Gasteiger partial charge >= 0.3 is 5.97 Å². The van der Waals surface area contributed by atoms with Crippen LogP contribution in [-0.4, -0.2) is 35.6 Å². The van der Waals surface area contributed by atoms with Crippen LogP contribution in [0.25, 0.3) is 0 Å². The summed E-state index contributed by atoms with van der Waals surface area (Å²) < 4.78 is 0. The molecule has 3 nitrogen and oxygen atoms in total. The minimum absolute atomic E-state index is 0.180. The summed E-state index contributed by atoms with van der Waals surface area (Å²) in [5.74, 6) is -0.821. The lowest BCUT2D eigenvalue weighted by molar-refractivity contribution is -0.143. The maximum Gasteiger partial charge on any atom is 0.307 e. The summed E-state index contributed by atoms with van der Waals surface area (Å²) >= 11 is 0. The van der Waals surface area contributed by atoms with Crippen LogP contribution in [0, 0.1) is 33.6 Å². The highest BCUT2D eigenvalue weighted by Crippen LogP contribution is 2.23. The molecular weight excluding hydrogens is 262 g/mol. The molecule has 0 amide bonds. The maximum absolute atomic E-state index is 11.1. The van der Waals surface area contributed by atoms with Crippen molar-refractivity contribution in [3.05, 3.63) is 33.9 Å². The highest BCUT2D eigenvalue weighted by Gasteiger charge is 2.25. The molecular formula is C18H27NO2. The van der Waals surface area contributed by atoms with Gasteiger partial charge < -0.3 is 10.0 Å². The third kappa shape index (κ3) is 3.65. The highest BCUT2D eigenvalue weighted by molar-refractivity contribution is 5.70. The van der Waals surface area contributed by atoms with Crippen LogP contribution in [0.1, 0.15) is 40.7 Å². The zero-order chi connectivity index (χ0) is 15.6. The Labute approximate surface area is 128 Å². The first-order chi connectivity index (χ1) is 9.90. The molecule has 1 aliphatic heterocycles. The number of likely N-dealkylation sites (tertiary alicyclic amines) is 1. The summed E-state index contributed by atoms with van der Waals surface area (Å²) in [4.78, 5) is 13.5. The lowest BCUT2D eigenvalue weighted by Crippen LogP contribution is -2.39. The summed E-state index contributed by atoms with van der Waals surface area (Å²) in [6.07, 6.45) is 2.85. The Bertz CT molecular complexity index is 510. The Balaban J connectivity index is 2.05. The molecule has 0 saturated carbocycles. The number of aryl methyl sites for hydroxylation is 2. The summed E-state index contributed by atoms with van der Waals surface area (Å²) in [6.45, 7) is 11.5. The Hall–Kier alpha value is -1.35.